The van der Waals surface area contributed by atoms with Crippen LogP contribution in [0, 0.1) is 0 Å². The molecule has 0 bridgehead atoms. The van der Waals surface area contributed by atoms with Gasteiger partial charge in [0, 0.05) is 36.9 Å². The minimum absolute atomic E-state index is 0.0687. The minimum Gasteiger partial charge on any atom is -0.310 e. The molecule has 0 saturated carbocycles. The molecule has 0 N–H and O–H groups in total. The molecule has 1 aromatic rings. The Morgan fingerprint density at radius 2 is 1.94 bits per heavy atom. The van der Waals surface area contributed by atoms with Crippen molar-refractivity contribution >= 4 is 40.6 Å². The second-order valence-corrected chi connectivity index (χ2v) is 4.81. The van der Waals surface area contributed by atoms with E-state index in [2.05, 4.69) is 0 Å². The molecule has 0 aliphatic carbocycles. The lowest BCUT2D eigenvalue weighted by Gasteiger charge is -2.22. The van der Waals surface area contributed by atoms with E-state index in [1.165, 1.54) is 11.8 Å². The van der Waals surface area contributed by atoms with E-state index in [0.29, 0.717) is 34.3 Å². The molecule has 0 spiro atoms. The fraction of sp³-hybridized carbons (Fsp3) is 0.333. The van der Waals surface area contributed by atoms with Crippen LogP contribution >= 0.6 is 23.2 Å². The zero-order valence-corrected chi connectivity index (χ0v) is 10.8. The van der Waals surface area contributed by atoms with Crippen molar-refractivity contribution in [2.45, 2.75) is 19.8 Å². The Balaban J connectivity index is 2.64. The van der Waals surface area contributed by atoms with Crippen molar-refractivity contribution in [2.24, 2.45) is 0 Å². The molecule has 0 saturated heterocycles. The van der Waals surface area contributed by atoms with Crippen LogP contribution in [0.25, 0.3) is 0 Å². The second-order valence-electron chi connectivity index (χ2n) is 3.99. The molecule has 2 rings (SSSR count). The first kappa shape index (κ1) is 12.4. The predicted molar refractivity (Wildman–Crippen MR) is 67.8 cm³/mol. The summed E-state index contributed by atoms with van der Waals surface area (Å²) >= 11 is 12.2. The Hall–Kier alpha value is -1.06. The zero-order chi connectivity index (χ0) is 12.6. The number of halogens is 2. The maximum Gasteiger partial charge on any atom is 0.223 e. The Bertz CT molecular complexity index is 500. The lowest BCUT2D eigenvalue weighted by molar-refractivity contribution is -0.118. The van der Waals surface area contributed by atoms with Crippen molar-refractivity contribution < 1.29 is 9.59 Å². The Morgan fingerprint density at radius 1 is 1.29 bits per heavy atom. The smallest absolute Gasteiger partial charge is 0.223 e. The molecule has 5 heteroatoms. The molecule has 0 radical (unpaired) electrons. The van der Waals surface area contributed by atoms with Gasteiger partial charge in [-0.2, -0.15) is 0 Å². The molecule has 1 aromatic carbocycles. The fourth-order valence-electron chi connectivity index (χ4n) is 1.99. The van der Waals surface area contributed by atoms with Gasteiger partial charge in [0.15, 0.2) is 0 Å². The van der Waals surface area contributed by atoms with Crippen molar-refractivity contribution in [3.05, 3.63) is 27.7 Å². The van der Waals surface area contributed by atoms with Crippen LogP contribution < -0.4 is 4.90 Å². The van der Waals surface area contributed by atoms with E-state index in [1.807, 2.05) is 0 Å². The highest BCUT2D eigenvalue weighted by molar-refractivity contribution is 6.36. The van der Waals surface area contributed by atoms with E-state index >= 15 is 0 Å². The quantitative estimate of drug-likeness (QED) is 0.728. The molecule has 17 heavy (non-hydrogen) atoms. The van der Waals surface area contributed by atoms with Crippen LogP contribution in [0.5, 0.6) is 0 Å². The molecule has 3 nitrogen and oxygen atoms in total. The number of hydrogen-bond acceptors (Lipinski definition) is 2. The van der Waals surface area contributed by atoms with E-state index in [4.69, 9.17) is 23.2 Å². The number of Topliss-reactive ketones (excluding diaryl/α,β-unsaturated/α-hetero) is 1. The maximum absolute atomic E-state index is 11.6. The van der Waals surface area contributed by atoms with Crippen molar-refractivity contribution in [3.8, 4) is 0 Å². The molecule has 0 atom stereocenters. The molecule has 1 heterocycles. The van der Waals surface area contributed by atoms with Gasteiger partial charge < -0.3 is 4.90 Å². The summed E-state index contributed by atoms with van der Waals surface area (Å²) in [6.07, 6.45) is 0.569. The van der Waals surface area contributed by atoms with E-state index < -0.39 is 0 Å². The Kier molecular flexibility index (Phi) is 3.40. The van der Waals surface area contributed by atoms with Crippen LogP contribution in [-0.2, 0) is 16.0 Å². The van der Waals surface area contributed by atoms with Gasteiger partial charge in [0.25, 0.3) is 0 Å². The summed E-state index contributed by atoms with van der Waals surface area (Å²) in [6, 6.07) is 3.30. The fourth-order valence-corrected chi connectivity index (χ4v) is 2.49. The second kappa shape index (κ2) is 4.67. The van der Waals surface area contributed by atoms with Crippen LogP contribution in [-0.4, -0.2) is 18.2 Å². The van der Waals surface area contributed by atoms with Crippen LogP contribution in [0.2, 0.25) is 10.0 Å². The summed E-state index contributed by atoms with van der Waals surface area (Å²) in [5, 5.41) is 0.931. The highest BCUT2D eigenvalue weighted by Gasteiger charge is 2.26. The number of amides is 1. The average Bonchev–Trinajstić information content (AvgIpc) is 2.43. The number of rotatable bonds is 0. The number of anilines is 1. The third kappa shape index (κ3) is 2.31. The molecule has 0 unspecified atom stereocenters. The van der Waals surface area contributed by atoms with Gasteiger partial charge in [-0.3, -0.25) is 9.59 Å². The first-order chi connectivity index (χ1) is 8.00. The lowest BCUT2D eigenvalue weighted by Crippen LogP contribution is -2.30. The maximum atomic E-state index is 11.6. The highest BCUT2D eigenvalue weighted by Crippen LogP contribution is 2.37. The molecule has 1 aliphatic heterocycles. The number of hydrogen-bond donors (Lipinski definition) is 0. The topological polar surface area (TPSA) is 37.4 Å². The van der Waals surface area contributed by atoms with Gasteiger partial charge in [0.1, 0.15) is 5.78 Å². The summed E-state index contributed by atoms with van der Waals surface area (Å²) in [7, 11) is 0. The normalized spacial score (nSPS) is 15.5. The first-order valence-corrected chi connectivity index (χ1v) is 6.03. The molecular weight excluding hydrogens is 261 g/mol. The van der Waals surface area contributed by atoms with Gasteiger partial charge in [-0.25, -0.2) is 0 Å². The molecule has 1 amide bonds. The number of carbonyl (C=O) groups excluding carboxylic acids is 2. The van der Waals surface area contributed by atoms with E-state index in [1.54, 1.807) is 12.1 Å². The SMILES string of the molecule is CC(=O)N1CCC(=O)Cc2c(Cl)ccc(Cl)c21. The number of benzene rings is 1. The third-order valence-electron chi connectivity index (χ3n) is 2.81. The standard InChI is InChI=1S/C12H11Cl2NO2/c1-7(16)15-5-4-8(17)6-9-10(13)2-3-11(14)12(9)15/h2-3H,4-6H2,1H3. The van der Waals surface area contributed by atoms with E-state index in [-0.39, 0.29) is 18.1 Å². The third-order valence-corrected chi connectivity index (χ3v) is 3.47. The van der Waals surface area contributed by atoms with Gasteiger partial charge in [-0.1, -0.05) is 23.2 Å². The highest BCUT2D eigenvalue weighted by atomic mass is 35.5. The largest absolute Gasteiger partial charge is 0.310 e. The van der Waals surface area contributed by atoms with Crippen molar-refractivity contribution in [2.75, 3.05) is 11.4 Å². The van der Waals surface area contributed by atoms with Crippen LogP contribution in [0.15, 0.2) is 12.1 Å². The van der Waals surface area contributed by atoms with E-state index in [0.717, 1.165) is 0 Å². The van der Waals surface area contributed by atoms with E-state index in [9.17, 15) is 9.59 Å². The minimum atomic E-state index is -0.134. The zero-order valence-electron chi connectivity index (χ0n) is 9.30. The summed E-state index contributed by atoms with van der Waals surface area (Å²) in [5.74, 6) is -0.0655. The summed E-state index contributed by atoms with van der Waals surface area (Å²) in [6.45, 7) is 1.82. The monoisotopic (exact) mass is 271 g/mol. The summed E-state index contributed by atoms with van der Waals surface area (Å²) in [4.78, 5) is 24.8. The van der Waals surface area contributed by atoms with Crippen LogP contribution in [0.4, 0.5) is 5.69 Å². The molecular formula is C12H11Cl2NO2. The van der Waals surface area contributed by atoms with Gasteiger partial charge in [-0.15, -0.1) is 0 Å². The molecule has 1 aliphatic rings. The Morgan fingerprint density at radius 3 is 2.59 bits per heavy atom. The van der Waals surface area contributed by atoms with Crippen molar-refractivity contribution in [1.29, 1.82) is 0 Å². The van der Waals surface area contributed by atoms with Gasteiger partial charge in [0.2, 0.25) is 5.91 Å². The number of nitrogens with zero attached hydrogens (tertiary/aromatic N) is 1. The van der Waals surface area contributed by atoms with Crippen molar-refractivity contribution in [3.63, 3.8) is 0 Å². The summed E-state index contributed by atoms with van der Waals surface area (Å²) < 4.78 is 0. The number of ketones is 1. The van der Waals surface area contributed by atoms with Gasteiger partial charge in [0.05, 0.1) is 10.7 Å². The average molecular weight is 272 g/mol. The van der Waals surface area contributed by atoms with Crippen LogP contribution in [0.1, 0.15) is 18.9 Å². The summed E-state index contributed by atoms with van der Waals surface area (Å²) in [5.41, 5.74) is 1.23. The first-order valence-electron chi connectivity index (χ1n) is 5.27. The molecule has 0 fully saturated rings. The van der Waals surface area contributed by atoms with Crippen LogP contribution in [0.3, 0.4) is 0 Å². The predicted octanol–water partition coefficient (Wildman–Crippen LogP) is 2.86. The molecule has 0 aromatic heterocycles. The van der Waals surface area contributed by atoms with Gasteiger partial charge >= 0.3 is 0 Å². The number of carbonyl (C=O) groups is 2. The lowest BCUT2D eigenvalue weighted by atomic mass is 10.1. The Labute approximate surface area is 109 Å². The van der Waals surface area contributed by atoms with Crippen molar-refractivity contribution in [1.82, 2.24) is 0 Å². The molecule has 90 valence electrons. The van der Waals surface area contributed by atoms with Gasteiger partial charge in [-0.05, 0) is 12.1 Å². The number of fused-ring (bicyclic) bond motifs is 1.